The number of nitrogens with zero attached hydrogens (tertiary/aromatic N) is 3. The van der Waals surface area contributed by atoms with Gasteiger partial charge in [-0.2, -0.15) is 0 Å². The molecule has 2 aromatic carbocycles. The smallest absolute Gasteiger partial charge is 0.288 e. The molecule has 6 heteroatoms. The average Bonchev–Trinajstić information content (AvgIpc) is 3.01. The Labute approximate surface area is 132 Å². The Morgan fingerprint density at radius 1 is 1.14 bits per heavy atom. The van der Waals surface area contributed by atoms with Crippen molar-refractivity contribution in [2.24, 2.45) is 5.73 Å². The summed E-state index contributed by atoms with van der Waals surface area (Å²) in [6.45, 7) is 0. The number of carbonyl (C=O) groups is 1. The maximum atomic E-state index is 11.4. The fraction of sp³-hybridized carbons (Fsp3) is 0.0625. The Kier molecular flexibility index (Phi) is 3.93. The molecule has 0 aliphatic heterocycles. The zero-order valence-electron chi connectivity index (χ0n) is 11.9. The summed E-state index contributed by atoms with van der Waals surface area (Å²) in [5.74, 6) is -0.0435. The molecule has 3 rings (SSSR count). The minimum absolute atomic E-state index is 0.00778. The number of amides is 1. The Hall–Kier alpha value is -2.60. The molecule has 5 nitrogen and oxygen atoms in total. The van der Waals surface area contributed by atoms with Gasteiger partial charge in [-0.05, 0) is 24.5 Å². The van der Waals surface area contributed by atoms with Gasteiger partial charge in [-0.15, -0.1) is 16.9 Å². The predicted octanol–water partition coefficient (Wildman–Crippen LogP) is 2.76. The highest BCUT2D eigenvalue weighted by Gasteiger charge is 2.16. The highest BCUT2D eigenvalue weighted by molar-refractivity contribution is 7.98. The van der Waals surface area contributed by atoms with Gasteiger partial charge >= 0.3 is 0 Å². The summed E-state index contributed by atoms with van der Waals surface area (Å²) >= 11 is 1.64. The molecule has 0 atom stereocenters. The standard InChI is InChI=1S/C16H14N4OS/c1-22-13-9-5-8-12(10-13)20-16(11-6-3-2-4-7-11)18-15(19-20)14(17)21/h2-10H,1H3,(H2,17,21). The van der Waals surface area contributed by atoms with E-state index in [1.165, 1.54) is 0 Å². The van der Waals surface area contributed by atoms with Crippen LogP contribution in [0.5, 0.6) is 0 Å². The van der Waals surface area contributed by atoms with Crippen molar-refractivity contribution < 1.29 is 4.79 Å². The van der Waals surface area contributed by atoms with Gasteiger partial charge < -0.3 is 5.73 Å². The molecule has 0 aliphatic rings. The van der Waals surface area contributed by atoms with Gasteiger partial charge in [0.1, 0.15) is 0 Å². The van der Waals surface area contributed by atoms with Gasteiger partial charge in [-0.1, -0.05) is 36.4 Å². The van der Waals surface area contributed by atoms with E-state index in [1.54, 1.807) is 16.4 Å². The summed E-state index contributed by atoms with van der Waals surface area (Å²) in [5.41, 5.74) is 7.04. The molecule has 0 fully saturated rings. The molecule has 0 spiro atoms. The second-order valence-electron chi connectivity index (χ2n) is 4.60. The summed E-state index contributed by atoms with van der Waals surface area (Å²) in [6.07, 6.45) is 2.01. The van der Waals surface area contributed by atoms with Crippen LogP contribution in [-0.4, -0.2) is 26.9 Å². The zero-order chi connectivity index (χ0) is 15.5. The summed E-state index contributed by atoms with van der Waals surface area (Å²) in [5, 5.41) is 4.25. The fourth-order valence-corrected chi connectivity index (χ4v) is 2.57. The van der Waals surface area contributed by atoms with Crippen LogP contribution in [-0.2, 0) is 0 Å². The molecule has 3 aromatic rings. The van der Waals surface area contributed by atoms with E-state index in [1.807, 2.05) is 60.9 Å². The lowest BCUT2D eigenvalue weighted by Gasteiger charge is -2.07. The second-order valence-corrected chi connectivity index (χ2v) is 5.48. The molecule has 0 saturated carbocycles. The van der Waals surface area contributed by atoms with Crippen molar-refractivity contribution >= 4 is 17.7 Å². The first kappa shape index (κ1) is 14.3. The van der Waals surface area contributed by atoms with Crippen molar-refractivity contribution in [2.75, 3.05) is 6.26 Å². The number of rotatable bonds is 4. The Balaban J connectivity index is 2.19. The summed E-state index contributed by atoms with van der Waals surface area (Å²) in [7, 11) is 0. The molecule has 2 N–H and O–H groups in total. The Morgan fingerprint density at radius 2 is 1.91 bits per heavy atom. The lowest BCUT2D eigenvalue weighted by Crippen LogP contribution is -2.13. The van der Waals surface area contributed by atoms with E-state index in [0.29, 0.717) is 5.82 Å². The molecule has 0 aliphatic carbocycles. The first-order valence-electron chi connectivity index (χ1n) is 6.66. The molecule has 110 valence electrons. The topological polar surface area (TPSA) is 73.8 Å². The van der Waals surface area contributed by atoms with Crippen LogP contribution in [0.4, 0.5) is 0 Å². The van der Waals surface area contributed by atoms with Crippen molar-refractivity contribution in [1.82, 2.24) is 14.8 Å². The maximum absolute atomic E-state index is 11.4. The molecule has 0 unspecified atom stereocenters. The van der Waals surface area contributed by atoms with Crippen LogP contribution in [0.15, 0.2) is 59.5 Å². The number of nitrogens with two attached hydrogens (primary N) is 1. The van der Waals surface area contributed by atoms with Crippen molar-refractivity contribution in [3.8, 4) is 17.1 Å². The van der Waals surface area contributed by atoms with Crippen molar-refractivity contribution in [1.29, 1.82) is 0 Å². The number of hydrogen-bond acceptors (Lipinski definition) is 4. The molecular formula is C16H14N4OS. The Bertz CT molecular complexity index is 814. The molecule has 22 heavy (non-hydrogen) atoms. The Morgan fingerprint density at radius 3 is 2.59 bits per heavy atom. The van der Waals surface area contributed by atoms with Crippen LogP contribution >= 0.6 is 11.8 Å². The summed E-state index contributed by atoms with van der Waals surface area (Å²) < 4.78 is 1.65. The fourth-order valence-electron chi connectivity index (χ4n) is 2.11. The first-order chi connectivity index (χ1) is 10.7. The third kappa shape index (κ3) is 2.73. The van der Waals surface area contributed by atoms with Crippen LogP contribution in [0, 0.1) is 0 Å². The van der Waals surface area contributed by atoms with E-state index in [9.17, 15) is 4.79 Å². The van der Waals surface area contributed by atoms with Gasteiger partial charge in [0, 0.05) is 10.5 Å². The third-order valence-electron chi connectivity index (χ3n) is 3.16. The van der Waals surface area contributed by atoms with E-state index >= 15 is 0 Å². The number of thioether (sulfide) groups is 1. The van der Waals surface area contributed by atoms with Crippen LogP contribution in [0.25, 0.3) is 17.1 Å². The molecule has 0 bridgehead atoms. The van der Waals surface area contributed by atoms with Crippen molar-refractivity contribution in [2.45, 2.75) is 4.90 Å². The van der Waals surface area contributed by atoms with Gasteiger partial charge in [0.2, 0.25) is 5.82 Å². The summed E-state index contributed by atoms with van der Waals surface area (Å²) in [6, 6.07) is 17.5. The largest absolute Gasteiger partial charge is 0.363 e. The lowest BCUT2D eigenvalue weighted by atomic mass is 10.2. The lowest BCUT2D eigenvalue weighted by molar-refractivity contribution is 0.0990. The van der Waals surface area contributed by atoms with E-state index in [4.69, 9.17) is 5.73 Å². The highest BCUT2D eigenvalue weighted by Crippen LogP contribution is 2.23. The highest BCUT2D eigenvalue weighted by atomic mass is 32.2. The van der Waals surface area contributed by atoms with E-state index in [-0.39, 0.29) is 5.82 Å². The molecule has 0 saturated heterocycles. The minimum atomic E-state index is -0.642. The minimum Gasteiger partial charge on any atom is -0.363 e. The first-order valence-corrected chi connectivity index (χ1v) is 7.88. The maximum Gasteiger partial charge on any atom is 0.288 e. The molecule has 1 amide bonds. The van der Waals surface area contributed by atoms with E-state index in [0.717, 1.165) is 16.1 Å². The van der Waals surface area contributed by atoms with Gasteiger partial charge in [0.05, 0.1) is 5.69 Å². The zero-order valence-corrected chi connectivity index (χ0v) is 12.7. The van der Waals surface area contributed by atoms with Crippen LogP contribution in [0.3, 0.4) is 0 Å². The second kappa shape index (κ2) is 6.03. The normalized spacial score (nSPS) is 10.6. The molecule has 0 radical (unpaired) electrons. The molecule has 1 heterocycles. The van der Waals surface area contributed by atoms with Crippen LogP contribution in [0.1, 0.15) is 10.6 Å². The number of hydrogen-bond donors (Lipinski definition) is 1. The van der Waals surface area contributed by atoms with E-state index < -0.39 is 5.91 Å². The predicted molar refractivity (Wildman–Crippen MR) is 87.1 cm³/mol. The van der Waals surface area contributed by atoms with Crippen LogP contribution < -0.4 is 5.73 Å². The third-order valence-corrected chi connectivity index (χ3v) is 3.88. The van der Waals surface area contributed by atoms with Gasteiger partial charge in [-0.25, -0.2) is 9.67 Å². The summed E-state index contributed by atoms with van der Waals surface area (Å²) in [4.78, 5) is 16.8. The van der Waals surface area contributed by atoms with Crippen LogP contribution in [0.2, 0.25) is 0 Å². The quantitative estimate of drug-likeness (QED) is 0.752. The molecular weight excluding hydrogens is 296 g/mol. The van der Waals surface area contributed by atoms with Gasteiger partial charge in [0.25, 0.3) is 5.91 Å². The number of aromatic nitrogens is 3. The monoisotopic (exact) mass is 310 g/mol. The molecule has 1 aromatic heterocycles. The van der Waals surface area contributed by atoms with Gasteiger partial charge in [-0.3, -0.25) is 4.79 Å². The van der Waals surface area contributed by atoms with Crippen molar-refractivity contribution in [3.05, 3.63) is 60.4 Å². The number of benzene rings is 2. The van der Waals surface area contributed by atoms with Gasteiger partial charge in [0.15, 0.2) is 5.82 Å². The number of carbonyl (C=O) groups excluding carboxylic acids is 1. The van der Waals surface area contributed by atoms with Crippen molar-refractivity contribution in [3.63, 3.8) is 0 Å². The number of primary amides is 1. The van der Waals surface area contributed by atoms with E-state index in [2.05, 4.69) is 10.1 Å². The average molecular weight is 310 g/mol. The SMILES string of the molecule is CSc1cccc(-n2nc(C(N)=O)nc2-c2ccccc2)c1.